The number of rotatable bonds is 7. The monoisotopic (exact) mass is 325 g/mol. The number of hydrogen-bond donors (Lipinski definition) is 1. The van der Waals surface area contributed by atoms with Gasteiger partial charge in [0.05, 0.1) is 6.54 Å². The molecular weight excluding hydrogens is 306 g/mol. The number of carbonyl (C=O) groups is 1. The van der Waals surface area contributed by atoms with Crippen LogP contribution in [0.1, 0.15) is 36.0 Å². The van der Waals surface area contributed by atoms with E-state index < -0.39 is 0 Å². The molecule has 1 aromatic rings. The van der Waals surface area contributed by atoms with Crippen LogP contribution in [0.25, 0.3) is 0 Å². The zero-order valence-corrected chi connectivity index (χ0v) is 12.6. The van der Waals surface area contributed by atoms with E-state index in [4.69, 9.17) is 5.11 Å². The first-order valence-electron chi connectivity index (χ1n) is 6.84. The van der Waals surface area contributed by atoms with Crippen molar-refractivity contribution in [2.24, 2.45) is 0 Å². The van der Waals surface area contributed by atoms with Crippen LogP contribution < -0.4 is 0 Å². The van der Waals surface area contributed by atoms with E-state index in [-0.39, 0.29) is 12.4 Å². The molecule has 1 aromatic carbocycles. The molecule has 0 spiro atoms. The van der Waals surface area contributed by atoms with E-state index in [0.717, 1.165) is 23.0 Å². The summed E-state index contributed by atoms with van der Waals surface area (Å²) in [6.45, 7) is 1.46. The minimum atomic E-state index is 0.164. The highest BCUT2D eigenvalue weighted by atomic mass is 79.9. The first-order chi connectivity index (χ1) is 9.20. The smallest absolute Gasteiger partial charge is 0.176 e. The van der Waals surface area contributed by atoms with Crippen LogP contribution in [0.2, 0.25) is 0 Å². The van der Waals surface area contributed by atoms with Gasteiger partial charge in [-0.05, 0) is 31.4 Å². The third-order valence-corrected chi connectivity index (χ3v) is 4.24. The molecule has 1 aliphatic rings. The SMILES string of the molecule is O=C(CN(CCCO)C1CCC1)c1ccc(Br)cc1. The normalized spacial score (nSPS) is 15.5. The van der Waals surface area contributed by atoms with Crippen LogP contribution in [-0.4, -0.2) is 41.5 Å². The Bertz CT molecular complexity index is 415. The number of aliphatic hydroxyl groups is 1. The number of carbonyl (C=O) groups excluding carboxylic acids is 1. The predicted octanol–water partition coefficient (Wildman–Crippen LogP) is 2.87. The summed E-state index contributed by atoms with van der Waals surface area (Å²) in [5, 5.41) is 8.95. The molecule has 2 rings (SSSR count). The number of benzene rings is 1. The van der Waals surface area contributed by atoms with Gasteiger partial charge in [-0.25, -0.2) is 0 Å². The molecule has 0 unspecified atom stereocenters. The van der Waals surface area contributed by atoms with Crippen molar-refractivity contribution in [1.82, 2.24) is 4.90 Å². The van der Waals surface area contributed by atoms with Crippen molar-refractivity contribution in [2.45, 2.75) is 31.7 Å². The van der Waals surface area contributed by atoms with Crippen molar-refractivity contribution in [1.29, 1.82) is 0 Å². The summed E-state index contributed by atoms with van der Waals surface area (Å²) in [7, 11) is 0. The summed E-state index contributed by atoms with van der Waals surface area (Å²) in [5.41, 5.74) is 0.761. The van der Waals surface area contributed by atoms with Gasteiger partial charge in [-0.1, -0.05) is 34.5 Å². The van der Waals surface area contributed by atoms with E-state index >= 15 is 0 Å². The number of Topliss-reactive ketones (excluding diaryl/α,β-unsaturated/α-hetero) is 1. The lowest BCUT2D eigenvalue weighted by atomic mass is 9.91. The van der Waals surface area contributed by atoms with Crippen molar-refractivity contribution in [2.75, 3.05) is 19.7 Å². The molecule has 1 aliphatic carbocycles. The summed E-state index contributed by atoms with van der Waals surface area (Å²) in [6.07, 6.45) is 4.36. The molecule has 0 heterocycles. The third-order valence-electron chi connectivity index (χ3n) is 3.71. The summed E-state index contributed by atoms with van der Waals surface area (Å²) < 4.78 is 0.986. The Morgan fingerprint density at radius 2 is 2.00 bits per heavy atom. The van der Waals surface area contributed by atoms with Gasteiger partial charge in [0, 0.05) is 29.2 Å². The summed E-state index contributed by atoms with van der Waals surface area (Å²) in [5.74, 6) is 0.164. The van der Waals surface area contributed by atoms with E-state index in [1.54, 1.807) is 0 Å². The van der Waals surface area contributed by atoms with E-state index in [1.807, 2.05) is 24.3 Å². The van der Waals surface area contributed by atoms with Gasteiger partial charge in [-0.2, -0.15) is 0 Å². The van der Waals surface area contributed by atoms with Crippen molar-refractivity contribution in [3.8, 4) is 0 Å². The van der Waals surface area contributed by atoms with Crippen LogP contribution in [0.4, 0.5) is 0 Å². The average molecular weight is 326 g/mol. The van der Waals surface area contributed by atoms with Gasteiger partial charge < -0.3 is 5.11 Å². The zero-order chi connectivity index (χ0) is 13.7. The molecule has 1 saturated carbocycles. The Morgan fingerprint density at radius 3 is 2.53 bits per heavy atom. The molecule has 1 N–H and O–H groups in total. The highest BCUT2D eigenvalue weighted by molar-refractivity contribution is 9.10. The number of ketones is 1. The number of halogens is 1. The maximum atomic E-state index is 12.3. The third kappa shape index (κ3) is 4.13. The molecule has 3 nitrogen and oxygen atoms in total. The molecular formula is C15H20BrNO2. The van der Waals surface area contributed by atoms with Gasteiger partial charge in [-0.15, -0.1) is 0 Å². The van der Waals surface area contributed by atoms with Gasteiger partial charge in [-0.3, -0.25) is 9.69 Å². The highest BCUT2D eigenvalue weighted by Crippen LogP contribution is 2.25. The van der Waals surface area contributed by atoms with Crippen molar-refractivity contribution in [3.05, 3.63) is 34.3 Å². The minimum absolute atomic E-state index is 0.164. The Balaban J connectivity index is 1.95. The van der Waals surface area contributed by atoms with Gasteiger partial charge in [0.2, 0.25) is 0 Å². The van der Waals surface area contributed by atoms with Crippen LogP contribution in [0.5, 0.6) is 0 Å². The second-order valence-corrected chi connectivity index (χ2v) is 5.98. The fraction of sp³-hybridized carbons (Fsp3) is 0.533. The Morgan fingerprint density at radius 1 is 1.32 bits per heavy atom. The average Bonchev–Trinajstić information content (AvgIpc) is 2.34. The second kappa shape index (κ2) is 7.17. The fourth-order valence-corrected chi connectivity index (χ4v) is 2.59. The maximum absolute atomic E-state index is 12.3. The zero-order valence-electron chi connectivity index (χ0n) is 11.0. The lowest BCUT2D eigenvalue weighted by molar-refractivity contribution is 0.0788. The molecule has 0 saturated heterocycles. The lowest BCUT2D eigenvalue weighted by Crippen LogP contribution is -2.43. The topological polar surface area (TPSA) is 40.5 Å². The van der Waals surface area contributed by atoms with E-state index in [9.17, 15) is 4.79 Å². The quantitative estimate of drug-likeness (QED) is 0.784. The van der Waals surface area contributed by atoms with E-state index in [0.29, 0.717) is 12.6 Å². The summed E-state index contributed by atoms with van der Waals surface area (Å²) in [6, 6.07) is 8.05. The molecule has 1 fully saturated rings. The molecule has 0 radical (unpaired) electrons. The standard InChI is InChI=1S/C15H20BrNO2/c16-13-7-5-12(6-8-13)15(19)11-17(9-2-10-18)14-3-1-4-14/h5-8,14,18H,1-4,9-11H2. The van der Waals surface area contributed by atoms with Crippen LogP contribution in [0.3, 0.4) is 0 Å². The highest BCUT2D eigenvalue weighted by Gasteiger charge is 2.26. The van der Waals surface area contributed by atoms with Crippen LogP contribution in [0.15, 0.2) is 28.7 Å². The van der Waals surface area contributed by atoms with Gasteiger partial charge in [0.1, 0.15) is 0 Å². The summed E-state index contributed by atoms with van der Waals surface area (Å²) >= 11 is 3.37. The number of hydrogen-bond acceptors (Lipinski definition) is 3. The molecule has 19 heavy (non-hydrogen) atoms. The fourth-order valence-electron chi connectivity index (χ4n) is 2.33. The Kier molecular flexibility index (Phi) is 5.55. The van der Waals surface area contributed by atoms with Gasteiger partial charge in [0.15, 0.2) is 5.78 Å². The van der Waals surface area contributed by atoms with Crippen molar-refractivity contribution in [3.63, 3.8) is 0 Å². The van der Waals surface area contributed by atoms with Gasteiger partial charge >= 0.3 is 0 Å². The lowest BCUT2D eigenvalue weighted by Gasteiger charge is -2.37. The molecule has 0 aromatic heterocycles. The molecule has 4 heteroatoms. The van der Waals surface area contributed by atoms with Crippen LogP contribution in [-0.2, 0) is 0 Å². The predicted molar refractivity (Wildman–Crippen MR) is 79.4 cm³/mol. The van der Waals surface area contributed by atoms with Gasteiger partial charge in [0.25, 0.3) is 0 Å². The van der Waals surface area contributed by atoms with E-state index in [1.165, 1.54) is 19.3 Å². The Labute approximate surface area is 122 Å². The van der Waals surface area contributed by atoms with Crippen molar-refractivity contribution >= 4 is 21.7 Å². The number of nitrogens with zero attached hydrogens (tertiary/aromatic N) is 1. The number of aliphatic hydroxyl groups excluding tert-OH is 1. The molecule has 0 aliphatic heterocycles. The largest absolute Gasteiger partial charge is 0.396 e. The molecule has 104 valence electrons. The van der Waals surface area contributed by atoms with Crippen LogP contribution >= 0.6 is 15.9 Å². The molecule has 0 amide bonds. The summed E-state index contributed by atoms with van der Waals surface area (Å²) in [4.78, 5) is 14.5. The van der Waals surface area contributed by atoms with E-state index in [2.05, 4.69) is 20.8 Å². The molecule has 0 atom stereocenters. The first-order valence-corrected chi connectivity index (χ1v) is 7.63. The first kappa shape index (κ1) is 14.7. The maximum Gasteiger partial charge on any atom is 0.176 e. The Hall–Kier alpha value is -0.710. The minimum Gasteiger partial charge on any atom is -0.396 e. The van der Waals surface area contributed by atoms with Crippen LogP contribution in [0, 0.1) is 0 Å². The van der Waals surface area contributed by atoms with Crippen molar-refractivity contribution < 1.29 is 9.90 Å². The second-order valence-electron chi connectivity index (χ2n) is 5.06. The molecule has 0 bridgehead atoms.